The molecule has 0 aliphatic carbocycles. The minimum Gasteiger partial charge on any atom is -0.373 e. The van der Waals surface area contributed by atoms with Crippen molar-refractivity contribution >= 4 is 6.03 Å². The molecule has 0 aromatic carbocycles. The lowest BCUT2D eigenvalue weighted by molar-refractivity contribution is -0.0672. The van der Waals surface area contributed by atoms with Crippen LogP contribution in [0.25, 0.3) is 0 Å². The number of carbonyl (C=O) groups excluding carboxylic acids is 1. The maximum absolute atomic E-state index is 11.9. The van der Waals surface area contributed by atoms with Gasteiger partial charge in [0.25, 0.3) is 0 Å². The zero-order valence-corrected chi connectivity index (χ0v) is 13.7. The first-order valence-electron chi connectivity index (χ1n) is 7.92. The molecule has 0 unspecified atom stereocenters. The van der Waals surface area contributed by atoms with Crippen LogP contribution in [-0.2, 0) is 11.3 Å². The van der Waals surface area contributed by atoms with Crippen LogP contribution < -0.4 is 10.6 Å². The highest BCUT2D eigenvalue weighted by Crippen LogP contribution is 2.09. The van der Waals surface area contributed by atoms with Gasteiger partial charge >= 0.3 is 6.03 Å². The number of hydrogen-bond donors (Lipinski definition) is 2. The van der Waals surface area contributed by atoms with E-state index in [1.54, 1.807) is 10.9 Å². The fourth-order valence-corrected chi connectivity index (χ4v) is 2.80. The van der Waals surface area contributed by atoms with Gasteiger partial charge in [-0.25, -0.2) is 4.79 Å². The molecule has 1 aliphatic rings. The lowest BCUT2D eigenvalue weighted by atomic mass is 10.2. The van der Waals surface area contributed by atoms with Gasteiger partial charge in [-0.2, -0.15) is 5.10 Å². The molecular weight excluding hydrogens is 282 g/mol. The summed E-state index contributed by atoms with van der Waals surface area (Å²) >= 11 is 0. The minimum absolute atomic E-state index is 0.0309. The monoisotopic (exact) mass is 309 g/mol. The molecule has 2 heterocycles. The largest absolute Gasteiger partial charge is 0.373 e. The molecule has 2 rings (SSSR count). The summed E-state index contributed by atoms with van der Waals surface area (Å²) in [7, 11) is 0. The molecule has 0 spiro atoms. The van der Waals surface area contributed by atoms with Crippen molar-refractivity contribution in [2.24, 2.45) is 0 Å². The van der Waals surface area contributed by atoms with Gasteiger partial charge in [0.15, 0.2) is 0 Å². The number of nitrogens with zero attached hydrogens (tertiary/aromatic N) is 3. The Labute approximate surface area is 132 Å². The highest BCUT2D eigenvalue weighted by atomic mass is 16.5. The first kappa shape index (κ1) is 16.8. The summed E-state index contributed by atoms with van der Waals surface area (Å²) in [6.07, 6.45) is 4.13. The van der Waals surface area contributed by atoms with Crippen LogP contribution in [0.5, 0.6) is 0 Å². The maximum atomic E-state index is 11.9. The van der Waals surface area contributed by atoms with E-state index >= 15 is 0 Å². The molecule has 1 saturated heterocycles. The van der Waals surface area contributed by atoms with Crippen molar-refractivity contribution in [1.29, 1.82) is 0 Å². The van der Waals surface area contributed by atoms with Gasteiger partial charge in [0.1, 0.15) is 0 Å². The number of morpholine rings is 1. The van der Waals surface area contributed by atoms with Crippen molar-refractivity contribution < 1.29 is 9.53 Å². The van der Waals surface area contributed by atoms with E-state index in [0.717, 1.165) is 19.6 Å². The number of urea groups is 1. The molecule has 2 amide bonds. The van der Waals surface area contributed by atoms with Crippen molar-refractivity contribution in [2.45, 2.75) is 45.6 Å². The van der Waals surface area contributed by atoms with Gasteiger partial charge in [-0.15, -0.1) is 0 Å². The summed E-state index contributed by atoms with van der Waals surface area (Å²) in [4.78, 5) is 14.2. The third-order valence-electron chi connectivity index (χ3n) is 3.61. The zero-order valence-electron chi connectivity index (χ0n) is 13.7. The number of amides is 2. The van der Waals surface area contributed by atoms with E-state index in [1.807, 2.05) is 19.2 Å². The van der Waals surface area contributed by atoms with Crippen molar-refractivity contribution in [2.75, 3.05) is 26.2 Å². The molecule has 7 heteroatoms. The van der Waals surface area contributed by atoms with Crippen LogP contribution in [0.4, 0.5) is 4.79 Å². The second-order valence-corrected chi connectivity index (χ2v) is 6.05. The predicted molar refractivity (Wildman–Crippen MR) is 84.7 cm³/mol. The summed E-state index contributed by atoms with van der Waals surface area (Å²) in [5.41, 5.74) is 0. The molecular formula is C15H27N5O2. The van der Waals surface area contributed by atoms with Gasteiger partial charge in [-0.1, -0.05) is 0 Å². The van der Waals surface area contributed by atoms with E-state index in [0.29, 0.717) is 13.1 Å². The minimum atomic E-state index is -0.131. The lowest BCUT2D eigenvalue weighted by Crippen LogP contribution is -2.49. The second kappa shape index (κ2) is 8.14. The highest BCUT2D eigenvalue weighted by Gasteiger charge is 2.21. The number of ether oxygens (including phenoxy) is 1. The second-order valence-electron chi connectivity index (χ2n) is 6.05. The van der Waals surface area contributed by atoms with Crippen molar-refractivity contribution in [1.82, 2.24) is 25.3 Å². The molecule has 2 N–H and O–H groups in total. The van der Waals surface area contributed by atoms with Gasteiger partial charge in [-0.3, -0.25) is 9.58 Å². The standard InChI is InChI=1S/C15H27N5O2/c1-12(9-20-7-4-5-17-20)18-15(21)16-6-8-19-10-13(2)22-14(3)11-19/h4-5,7,12-14H,6,8-11H2,1-3H3,(H2,16,18,21)/t12-,13-,14+/m1/s1. The van der Waals surface area contributed by atoms with Crippen LogP contribution >= 0.6 is 0 Å². The number of rotatable bonds is 6. The Hall–Kier alpha value is -1.60. The SMILES string of the molecule is C[C@H](Cn1cccn1)NC(=O)NCCN1C[C@@H](C)O[C@@H](C)C1. The average Bonchev–Trinajstić information content (AvgIpc) is 2.90. The number of nitrogens with one attached hydrogen (secondary N) is 2. The fourth-order valence-electron chi connectivity index (χ4n) is 2.80. The average molecular weight is 309 g/mol. The van der Waals surface area contributed by atoms with Gasteiger partial charge in [0.2, 0.25) is 0 Å². The topological polar surface area (TPSA) is 71.4 Å². The number of aromatic nitrogens is 2. The first-order chi connectivity index (χ1) is 10.5. The Kier molecular flexibility index (Phi) is 6.21. The Bertz CT molecular complexity index is 441. The molecule has 22 heavy (non-hydrogen) atoms. The Balaban J connectivity index is 1.61. The number of carbonyl (C=O) groups is 1. The lowest BCUT2D eigenvalue weighted by Gasteiger charge is -2.35. The Morgan fingerprint density at radius 1 is 1.41 bits per heavy atom. The quantitative estimate of drug-likeness (QED) is 0.811. The van der Waals surface area contributed by atoms with Crippen LogP contribution in [0.3, 0.4) is 0 Å². The van der Waals surface area contributed by atoms with E-state index in [2.05, 4.69) is 34.5 Å². The summed E-state index contributed by atoms with van der Waals surface area (Å²) in [6.45, 7) is 10.1. The molecule has 0 radical (unpaired) electrons. The molecule has 124 valence electrons. The van der Waals surface area contributed by atoms with E-state index in [9.17, 15) is 4.79 Å². The molecule has 1 aromatic heterocycles. The van der Waals surface area contributed by atoms with Crippen LogP contribution in [0, 0.1) is 0 Å². The highest BCUT2D eigenvalue weighted by molar-refractivity contribution is 5.74. The predicted octanol–water partition coefficient (Wildman–Crippen LogP) is 0.680. The van der Waals surface area contributed by atoms with Crippen LogP contribution in [0.15, 0.2) is 18.5 Å². The van der Waals surface area contributed by atoms with Gasteiger partial charge < -0.3 is 15.4 Å². The molecule has 1 fully saturated rings. The summed E-state index contributed by atoms with van der Waals surface area (Å²) in [6, 6.07) is 1.77. The third kappa shape index (κ3) is 5.65. The van der Waals surface area contributed by atoms with Crippen molar-refractivity contribution in [3.05, 3.63) is 18.5 Å². The number of hydrogen-bond acceptors (Lipinski definition) is 4. The van der Waals surface area contributed by atoms with E-state index in [1.165, 1.54) is 0 Å². The normalized spacial score (nSPS) is 24.0. The van der Waals surface area contributed by atoms with E-state index in [-0.39, 0.29) is 24.3 Å². The van der Waals surface area contributed by atoms with E-state index < -0.39 is 0 Å². The van der Waals surface area contributed by atoms with Gasteiger partial charge in [-0.05, 0) is 26.8 Å². The maximum Gasteiger partial charge on any atom is 0.315 e. The summed E-state index contributed by atoms with van der Waals surface area (Å²) in [5.74, 6) is 0. The third-order valence-corrected chi connectivity index (χ3v) is 3.61. The van der Waals surface area contributed by atoms with Gasteiger partial charge in [0.05, 0.1) is 18.8 Å². The molecule has 3 atom stereocenters. The van der Waals surface area contributed by atoms with Crippen molar-refractivity contribution in [3.63, 3.8) is 0 Å². The van der Waals surface area contributed by atoms with Gasteiger partial charge in [0, 0.05) is 44.6 Å². The smallest absolute Gasteiger partial charge is 0.315 e. The molecule has 1 aliphatic heterocycles. The van der Waals surface area contributed by atoms with Crippen LogP contribution in [0.1, 0.15) is 20.8 Å². The van der Waals surface area contributed by atoms with Crippen molar-refractivity contribution in [3.8, 4) is 0 Å². The van der Waals surface area contributed by atoms with Crippen LogP contribution in [-0.4, -0.2) is 65.1 Å². The Morgan fingerprint density at radius 2 is 2.14 bits per heavy atom. The molecule has 0 bridgehead atoms. The van der Waals surface area contributed by atoms with Crippen LogP contribution in [0.2, 0.25) is 0 Å². The molecule has 7 nitrogen and oxygen atoms in total. The molecule has 1 aromatic rings. The fraction of sp³-hybridized carbons (Fsp3) is 0.733. The first-order valence-corrected chi connectivity index (χ1v) is 7.92. The summed E-state index contributed by atoms with van der Waals surface area (Å²) in [5, 5.41) is 9.95. The van der Waals surface area contributed by atoms with E-state index in [4.69, 9.17) is 4.74 Å². The Morgan fingerprint density at radius 3 is 2.77 bits per heavy atom. The molecule has 0 saturated carbocycles. The zero-order chi connectivity index (χ0) is 15.9. The summed E-state index contributed by atoms with van der Waals surface area (Å²) < 4.78 is 7.50.